The molecule has 0 radical (unpaired) electrons. The number of nitrogens with one attached hydrogen (secondary N) is 1. The molecule has 0 spiro atoms. The Hall–Kier alpha value is -0.770. The molecule has 0 saturated heterocycles. The van der Waals surface area contributed by atoms with Gasteiger partial charge in [0, 0.05) is 30.8 Å². The van der Waals surface area contributed by atoms with Gasteiger partial charge in [0.15, 0.2) is 0 Å². The van der Waals surface area contributed by atoms with Gasteiger partial charge in [0.05, 0.1) is 6.61 Å². The van der Waals surface area contributed by atoms with Crippen LogP contribution in [0.2, 0.25) is 0 Å². The van der Waals surface area contributed by atoms with Crippen LogP contribution in [0, 0.1) is 6.92 Å². The molecule has 0 saturated carbocycles. The summed E-state index contributed by atoms with van der Waals surface area (Å²) in [6.45, 7) is 8.44. The van der Waals surface area contributed by atoms with Crippen molar-refractivity contribution in [1.29, 1.82) is 0 Å². The molecule has 3 heteroatoms. The van der Waals surface area contributed by atoms with Crippen LogP contribution in [0.4, 0.5) is 0 Å². The zero-order chi connectivity index (χ0) is 12.5. The second-order valence-electron chi connectivity index (χ2n) is 3.87. The summed E-state index contributed by atoms with van der Waals surface area (Å²) in [7, 11) is 1.72. The SMILES string of the molecule is C=CCSc1ccc(CNCCOC)cc1C. The average molecular weight is 251 g/mol. The highest BCUT2D eigenvalue weighted by Crippen LogP contribution is 2.23. The molecule has 1 aromatic carbocycles. The molecule has 17 heavy (non-hydrogen) atoms. The number of aryl methyl sites for hydroxylation is 1. The molecule has 0 atom stereocenters. The van der Waals surface area contributed by atoms with Gasteiger partial charge in [0.25, 0.3) is 0 Å². The minimum absolute atomic E-state index is 0.756. The highest BCUT2D eigenvalue weighted by molar-refractivity contribution is 7.99. The Labute approximate surface area is 108 Å². The molecule has 0 fully saturated rings. The van der Waals surface area contributed by atoms with Gasteiger partial charge in [-0.3, -0.25) is 0 Å². The van der Waals surface area contributed by atoms with Gasteiger partial charge in [0.1, 0.15) is 0 Å². The Bertz CT molecular complexity index is 352. The van der Waals surface area contributed by atoms with Crippen LogP contribution < -0.4 is 5.32 Å². The van der Waals surface area contributed by atoms with E-state index in [0.29, 0.717) is 0 Å². The first-order valence-electron chi connectivity index (χ1n) is 5.80. The van der Waals surface area contributed by atoms with Crippen molar-refractivity contribution < 1.29 is 4.74 Å². The molecular formula is C14H21NOS. The van der Waals surface area contributed by atoms with E-state index in [-0.39, 0.29) is 0 Å². The van der Waals surface area contributed by atoms with E-state index in [1.807, 2.05) is 17.8 Å². The van der Waals surface area contributed by atoms with Crippen molar-refractivity contribution in [3.05, 3.63) is 42.0 Å². The predicted molar refractivity (Wildman–Crippen MR) is 75.7 cm³/mol. The van der Waals surface area contributed by atoms with Crippen molar-refractivity contribution >= 4 is 11.8 Å². The van der Waals surface area contributed by atoms with Crippen LogP contribution in [0.3, 0.4) is 0 Å². The number of hydrogen-bond acceptors (Lipinski definition) is 3. The first-order valence-corrected chi connectivity index (χ1v) is 6.79. The van der Waals surface area contributed by atoms with Crippen molar-refractivity contribution in [2.24, 2.45) is 0 Å². The number of ether oxygens (including phenoxy) is 1. The topological polar surface area (TPSA) is 21.3 Å². The van der Waals surface area contributed by atoms with Crippen molar-refractivity contribution in [2.75, 3.05) is 26.0 Å². The molecule has 0 heterocycles. The van der Waals surface area contributed by atoms with E-state index in [2.05, 4.69) is 37.0 Å². The Morgan fingerprint density at radius 3 is 2.94 bits per heavy atom. The third-order valence-corrected chi connectivity index (χ3v) is 3.58. The van der Waals surface area contributed by atoms with Crippen molar-refractivity contribution in [3.63, 3.8) is 0 Å². The maximum absolute atomic E-state index is 4.99. The molecular weight excluding hydrogens is 230 g/mol. The summed E-state index contributed by atoms with van der Waals surface area (Å²) in [5, 5.41) is 3.34. The summed E-state index contributed by atoms with van der Waals surface area (Å²) in [4.78, 5) is 1.34. The van der Waals surface area contributed by atoms with Crippen molar-refractivity contribution in [3.8, 4) is 0 Å². The van der Waals surface area contributed by atoms with E-state index in [1.165, 1.54) is 16.0 Å². The average Bonchev–Trinajstić information content (AvgIpc) is 2.34. The molecule has 0 aliphatic heterocycles. The van der Waals surface area contributed by atoms with E-state index in [1.54, 1.807) is 7.11 Å². The Morgan fingerprint density at radius 2 is 2.29 bits per heavy atom. The lowest BCUT2D eigenvalue weighted by Crippen LogP contribution is -2.18. The molecule has 1 rings (SSSR count). The first-order chi connectivity index (χ1) is 8.27. The largest absolute Gasteiger partial charge is 0.383 e. The quantitative estimate of drug-likeness (QED) is 0.436. The second kappa shape index (κ2) is 8.34. The van der Waals surface area contributed by atoms with Crippen LogP contribution in [0.5, 0.6) is 0 Å². The molecule has 0 unspecified atom stereocenters. The van der Waals surface area contributed by atoms with Gasteiger partial charge in [-0.15, -0.1) is 18.3 Å². The van der Waals surface area contributed by atoms with Gasteiger partial charge in [0.2, 0.25) is 0 Å². The number of thioether (sulfide) groups is 1. The molecule has 0 aliphatic rings. The van der Waals surface area contributed by atoms with Crippen LogP contribution in [0.25, 0.3) is 0 Å². The second-order valence-corrected chi connectivity index (χ2v) is 4.93. The van der Waals surface area contributed by atoms with E-state index in [0.717, 1.165) is 25.4 Å². The lowest BCUT2D eigenvalue weighted by molar-refractivity contribution is 0.199. The van der Waals surface area contributed by atoms with Gasteiger partial charge >= 0.3 is 0 Å². The van der Waals surface area contributed by atoms with E-state index >= 15 is 0 Å². The smallest absolute Gasteiger partial charge is 0.0587 e. The summed E-state index contributed by atoms with van der Waals surface area (Å²) in [6, 6.07) is 6.61. The Kier molecular flexibility index (Phi) is 7.01. The highest BCUT2D eigenvalue weighted by atomic mass is 32.2. The maximum atomic E-state index is 4.99. The van der Waals surface area contributed by atoms with Crippen LogP contribution >= 0.6 is 11.8 Å². The fourth-order valence-electron chi connectivity index (χ4n) is 1.54. The summed E-state index contributed by atoms with van der Waals surface area (Å²) in [5.41, 5.74) is 2.66. The number of benzene rings is 1. The van der Waals surface area contributed by atoms with Crippen LogP contribution in [0.15, 0.2) is 35.7 Å². The van der Waals surface area contributed by atoms with Crippen LogP contribution in [0.1, 0.15) is 11.1 Å². The minimum atomic E-state index is 0.756. The third kappa shape index (κ3) is 5.39. The highest BCUT2D eigenvalue weighted by Gasteiger charge is 2.00. The normalized spacial score (nSPS) is 10.5. The molecule has 0 bridgehead atoms. The van der Waals surface area contributed by atoms with Crippen LogP contribution in [-0.2, 0) is 11.3 Å². The van der Waals surface area contributed by atoms with Gasteiger partial charge in [-0.1, -0.05) is 18.2 Å². The fourth-order valence-corrected chi connectivity index (χ4v) is 2.29. The van der Waals surface area contributed by atoms with E-state index < -0.39 is 0 Å². The lowest BCUT2D eigenvalue weighted by atomic mass is 10.1. The summed E-state index contributed by atoms with van der Waals surface area (Å²) in [5.74, 6) is 0.965. The standard InChI is InChI=1S/C14H21NOS/c1-4-9-17-14-6-5-13(10-12(14)2)11-15-7-8-16-3/h4-6,10,15H,1,7-9,11H2,2-3H3. The molecule has 1 N–H and O–H groups in total. The molecule has 0 aliphatic carbocycles. The third-order valence-electron chi connectivity index (χ3n) is 2.41. The summed E-state index contributed by atoms with van der Waals surface area (Å²) >= 11 is 1.83. The zero-order valence-corrected chi connectivity index (χ0v) is 11.5. The summed E-state index contributed by atoms with van der Waals surface area (Å²) in [6.07, 6.45) is 1.93. The number of methoxy groups -OCH3 is 1. The van der Waals surface area contributed by atoms with E-state index in [4.69, 9.17) is 4.74 Å². The summed E-state index contributed by atoms with van der Waals surface area (Å²) < 4.78 is 4.99. The van der Waals surface area contributed by atoms with Gasteiger partial charge in [-0.2, -0.15) is 0 Å². The fraction of sp³-hybridized carbons (Fsp3) is 0.429. The van der Waals surface area contributed by atoms with Crippen molar-refractivity contribution in [1.82, 2.24) is 5.32 Å². The van der Waals surface area contributed by atoms with Gasteiger partial charge in [-0.05, 0) is 24.1 Å². The molecule has 0 aromatic heterocycles. The molecule has 0 amide bonds. The number of rotatable bonds is 8. The Morgan fingerprint density at radius 1 is 1.47 bits per heavy atom. The first kappa shape index (κ1) is 14.3. The van der Waals surface area contributed by atoms with Crippen molar-refractivity contribution in [2.45, 2.75) is 18.4 Å². The number of hydrogen-bond donors (Lipinski definition) is 1. The maximum Gasteiger partial charge on any atom is 0.0587 e. The molecule has 94 valence electrons. The Balaban J connectivity index is 2.47. The lowest BCUT2D eigenvalue weighted by Gasteiger charge is -2.08. The minimum Gasteiger partial charge on any atom is -0.383 e. The van der Waals surface area contributed by atoms with Crippen LogP contribution in [-0.4, -0.2) is 26.0 Å². The van der Waals surface area contributed by atoms with Gasteiger partial charge in [-0.25, -0.2) is 0 Å². The van der Waals surface area contributed by atoms with Gasteiger partial charge < -0.3 is 10.1 Å². The van der Waals surface area contributed by atoms with E-state index in [9.17, 15) is 0 Å². The zero-order valence-electron chi connectivity index (χ0n) is 10.7. The predicted octanol–water partition coefficient (Wildman–Crippen LogP) is 3.01. The molecule has 2 nitrogen and oxygen atoms in total. The molecule has 1 aromatic rings. The monoisotopic (exact) mass is 251 g/mol.